The summed E-state index contributed by atoms with van der Waals surface area (Å²) in [6.07, 6.45) is 2.59. The minimum absolute atomic E-state index is 0.00464. The molecular formula is C13H13ClN2. The lowest BCUT2D eigenvalue weighted by Gasteiger charge is -2.05. The molecule has 1 aromatic rings. The number of benzene rings is 1. The zero-order valence-electron chi connectivity index (χ0n) is 9.37. The van der Waals surface area contributed by atoms with Gasteiger partial charge < -0.3 is 0 Å². The van der Waals surface area contributed by atoms with Crippen LogP contribution < -0.4 is 0 Å². The van der Waals surface area contributed by atoms with Crippen LogP contribution >= 0.6 is 11.6 Å². The van der Waals surface area contributed by atoms with Crippen molar-refractivity contribution >= 4 is 17.8 Å². The fourth-order valence-electron chi connectivity index (χ4n) is 1.77. The molecule has 1 aromatic carbocycles. The second-order valence-corrected chi connectivity index (χ2v) is 5.28. The van der Waals surface area contributed by atoms with Crippen molar-refractivity contribution in [2.75, 3.05) is 0 Å². The highest BCUT2D eigenvalue weighted by Crippen LogP contribution is 2.57. The molecule has 1 atom stereocenters. The summed E-state index contributed by atoms with van der Waals surface area (Å²) >= 11 is 5.79. The Balaban J connectivity index is 2.17. The molecule has 0 radical (unpaired) electrons. The number of nitrogens with zero attached hydrogens (tertiary/aromatic N) is 2. The van der Waals surface area contributed by atoms with Crippen LogP contribution in [-0.4, -0.2) is 11.8 Å². The van der Waals surface area contributed by atoms with Crippen molar-refractivity contribution in [2.24, 2.45) is 10.4 Å². The van der Waals surface area contributed by atoms with Gasteiger partial charge in [0.2, 0.25) is 0 Å². The summed E-state index contributed by atoms with van der Waals surface area (Å²) < 4.78 is 0. The molecule has 82 valence electrons. The van der Waals surface area contributed by atoms with E-state index >= 15 is 0 Å². The fraction of sp³-hybridized carbons (Fsp3) is 0.385. The lowest BCUT2D eigenvalue weighted by Crippen LogP contribution is -2.10. The van der Waals surface area contributed by atoms with Crippen LogP contribution in [0.4, 0.5) is 0 Å². The topological polar surface area (TPSA) is 36.1 Å². The molecule has 16 heavy (non-hydrogen) atoms. The van der Waals surface area contributed by atoms with Gasteiger partial charge in [-0.25, -0.2) is 0 Å². The summed E-state index contributed by atoms with van der Waals surface area (Å²) in [5.41, 5.74) is 0.457. The number of hydrogen-bond donors (Lipinski definition) is 0. The van der Waals surface area contributed by atoms with E-state index in [9.17, 15) is 0 Å². The number of nitriles is 1. The van der Waals surface area contributed by atoms with Crippen molar-refractivity contribution in [3.05, 3.63) is 34.9 Å². The van der Waals surface area contributed by atoms with Crippen LogP contribution in [0, 0.1) is 16.7 Å². The third-order valence-corrected chi connectivity index (χ3v) is 3.43. The van der Waals surface area contributed by atoms with E-state index in [0.717, 1.165) is 12.0 Å². The third-order valence-electron chi connectivity index (χ3n) is 3.18. The first kappa shape index (κ1) is 11.2. The van der Waals surface area contributed by atoms with Crippen LogP contribution in [-0.2, 0) is 0 Å². The predicted molar refractivity (Wildman–Crippen MR) is 65.8 cm³/mol. The van der Waals surface area contributed by atoms with E-state index < -0.39 is 5.54 Å². The van der Waals surface area contributed by atoms with Crippen LogP contribution in [0.5, 0.6) is 0 Å². The van der Waals surface area contributed by atoms with Crippen molar-refractivity contribution < 1.29 is 0 Å². The molecule has 0 heterocycles. The van der Waals surface area contributed by atoms with Crippen LogP contribution in [0.25, 0.3) is 0 Å². The zero-order valence-corrected chi connectivity index (χ0v) is 10.1. The molecule has 1 aliphatic carbocycles. The molecule has 2 nitrogen and oxygen atoms in total. The van der Waals surface area contributed by atoms with Crippen molar-refractivity contribution in [1.82, 2.24) is 0 Å². The second-order valence-electron chi connectivity index (χ2n) is 4.84. The maximum Gasteiger partial charge on any atom is 0.152 e. The predicted octanol–water partition coefficient (Wildman–Crippen LogP) is 3.45. The van der Waals surface area contributed by atoms with E-state index in [1.165, 1.54) is 0 Å². The standard InChI is InChI=1S/C13H13ClN2/c1-12(2)8-13(12,9-15)16-7-10-3-5-11(14)6-4-10/h3-7H,8H2,1-2H3/t13-/m0/s1. The first-order valence-electron chi connectivity index (χ1n) is 5.21. The van der Waals surface area contributed by atoms with Gasteiger partial charge in [-0.3, -0.25) is 4.99 Å². The van der Waals surface area contributed by atoms with Crippen molar-refractivity contribution in [3.63, 3.8) is 0 Å². The second kappa shape index (κ2) is 3.61. The quantitative estimate of drug-likeness (QED) is 0.720. The monoisotopic (exact) mass is 232 g/mol. The van der Waals surface area contributed by atoms with Gasteiger partial charge in [-0.2, -0.15) is 5.26 Å². The molecule has 2 rings (SSSR count). The lowest BCUT2D eigenvalue weighted by atomic mass is 10.1. The molecule has 0 aromatic heterocycles. The Hall–Kier alpha value is -1.33. The summed E-state index contributed by atoms with van der Waals surface area (Å²) in [5, 5.41) is 9.84. The van der Waals surface area contributed by atoms with Crippen LogP contribution in [0.3, 0.4) is 0 Å². The van der Waals surface area contributed by atoms with Crippen LogP contribution in [0.2, 0.25) is 5.02 Å². The molecule has 0 N–H and O–H groups in total. The molecular weight excluding hydrogens is 220 g/mol. The SMILES string of the molecule is CC1(C)C[C@@]1(C#N)N=Cc1ccc(Cl)cc1. The highest BCUT2D eigenvalue weighted by Gasteiger charge is 2.62. The Kier molecular flexibility index (Phi) is 2.52. The average molecular weight is 233 g/mol. The molecule has 0 unspecified atom stereocenters. The summed E-state index contributed by atoms with van der Waals surface area (Å²) in [5.74, 6) is 0. The Morgan fingerprint density at radius 1 is 1.38 bits per heavy atom. The number of hydrogen-bond acceptors (Lipinski definition) is 2. The Morgan fingerprint density at radius 3 is 2.38 bits per heavy atom. The van der Waals surface area contributed by atoms with Gasteiger partial charge in [0.25, 0.3) is 0 Å². The maximum absolute atomic E-state index is 9.13. The normalized spacial score (nSPS) is 26.6. The van der Waals surface area contributed by atoms with Gasteiger partial charge >= 0.3 is 0 Å². The molecule has 0 amide bonds. The van der Waals surface area contributed by atoms with Gasteiger partial charge in [-0.15, -0.1) is 0 Å². The lowest BCUT2D eigenvalue weighted by molar-refractivity contribution is 0.569. The minimum Gasteiger partial charge on any atom is -0.270 e. The van der Waals surface area contributed by atoms with Crippen molar-refractivity contribution in [2.45, 2.75) is 25.8 Å². The Morgan fingerprint density at radius 2 is 1.94 bits per heavy atom. The van der Waals surface area contributed by atoms with Crippen molar-refractivity contribution in [3.8, 4) is 6.07 Å². The molecule has 1 saturated carbocycles. The van der Waals surface area contributed by atoms with Crippen LogP contribution in [0.1, 0.15) is 25.8 Å². The first-order chi connectivity index (χ1) is 7.49. The van der Waals surface area contributed by atoms with Gasteiger partial charge in [0, 0.05) is 16.7 Å². The van der Waals surface area contributed by atoms with E-state index in [1.54, 1.807) is 6.21 Å². The van der Waals surface area contributed by atoms with E-state index in [0.29, 0.717) is 5.02 Å². The number of rotatable bonds is 2. The van der Waals surface area contributed by atoms with Gasteiger partial charge in [0.05, 0.1) is 6.07 Å². The fourth-order valence-corrected chi connectivity index (χ4v) is 1.90. The molecule has 0 bridgehead atoms. The summed E-state index contributed by atoms with van der Waals surface area (Å²) in [6, 6.07) is 9.73. The highest BCUT2D eigenvalue weighted by atomic mass is 35.5. The summed E-state index contributed by atoms with van der Waals surface area (Å²) in [6.45, 7) is 4.13. The average Bonchev–Trinajstić information content (AvgIpc) is 2.81. The zero-order chi connectivity index (χ0) is 11.8. The number of halogens is 1. The van der Waals surface area contributed by atoms with Gasteiger partial charge in [-0.1, -0.05) is 37.6 Å². The van der Waals surface area contributed by atoms with E-state index in [2.05, 4.69) is 24.9 Å². The molecule has 1 fully saturated rings. The van der Waals surface area contributed by atoms with Gasteiger partial charge in [0.1, 0.15) is 0 Å². The Bertz CT molecular complexity index is 468. The summed E-state index contributed by atoms with van der Waals surface area (Å²) in [4.78, 5) is 4.41. The molecule has 1 aliphatic rings. The van der Waals surface area contributed by atoms with Crippen LogP contribution in [0.15, 0.2) is 29.3 Å². The first-order valence-corrected chi connectivity index (χ1v) is 5.59. The van der Waals surface area contributed by atoms with Gasteiger partial charge in [-0.05, 0) is 24.1 Å². The molecule has 0 aliphatic heterocycles. The van der Waals surface area contributed by atoms with Gasteiger partial charge in [0.15, 0.2) is 5.54 Å². The van der Waals surface area contributed by atoms with E-state index in [1.807, 2.05) is 24.3 Å². The van der Waals surface area contributed by atoms with Crippen molar-refractivity contribution in [1.29, 1.82) is 5.26 Å². The largest absolute Gasteiger partial charge is 0.270 e. The van der Waals surface area contributed by atoms with E-state index in [-0.39, 0.29) is 5.41 Å². The molecule has 3 heteroatoms. The maximum atomic E-state index is 9.13. The minimum atomic E-state index is -0.521. The summed E-state index contributed by atoms with van der Waals surface area (Å²) in [7, 11) is 0. The smallest absolute Gasteiger partial charge is 0.152 e. The third kappa shape index (κ3) is 1.83. The Labute approximate surface area is 101 Å². The highest BCUT2D eigenvalue weighted by molar-refractivity contribution is 6.30. The molecule has 0 spiro atoms. The number of aliphatic imine (C=N–C) groups is 1. The molecule has 0 saturated heterocycles. The van der Waals surface area contributed by atoms with E-state index in [4.69, 9.17) is 16.9 Å².